The van der Waals surface area contributed by atoms with E-state index >= 15 is 0 Å². The molecule has 5 heteroatoms. The Hall–Kier alpha value is -1.39. The van der Waals surface area contributed by atoms with Crippen LogP contribution in [0.25, 0.3) is 0 Å². The largest absolute Gasteiger partial charge is 0.352 e. The molecule has 1 aliphatic carbocycles. The van der Waals surface area contributed by atoms with Gasteiger partial charge in [-0.2, -0.15) is 0 Å². The molecule has 1 amide bonds. The summed E-state index contributed by atoms with van der Waals surface area (Å²) in [7, 11) is 0. The van der Waals surface area contributed by atoms with Crippen molar-refractivity contribution in [3.63, 3.8) is 0 Å². The molecule has 2 fully saturated rings. The van der Waals surface area contributed by atoms with Crippen molar-refractivity contribution < 1.29 is 9.59 Å². The lowest BCUT2D eigenvalue weighted by Gasteiger charge is -2.33. The van der Waals surface area contributed by atoms with Crippen LogP contribution in [-0.2, 0) is 4.79 Å². The third kappa shape index (κ3) is 5.08. The average molecular weight is 377 g/mol. The van der Waals surface area contributed by atoms with Crippen LogP contribution in [0.15, 0.2) is 24.3 Å². The minimum atomic E-state index is 0.0499. The van der Waals surface area contributed by atoms with Gasteiger partial charge in [0.15, 0.2) is 5.78 Å². The normalized spacial score (nSPS) is 25.0. The van der Waals surface area contributed by atoms with E-state index in [1.807, 2.05) is 0 Å². The van der Waals surface area contributed by atoms with Crippen LogP contribution in [0.4, 0.5) is 0 Å². The smallest absolute Gasteiger partial charge is 0.234 e. The number of hydrogen-bond acceptors (Lipinski definition) is 3. The molecule has 4 nitrogen and oxygen atoms in total. The number of benzene rings is 1. The third-order valence-electron chi connectivity index (χ3n) is 5.91. The molecular weight excluding hydrogens is 348 g/mol. The topological polar surface area (TPSA) is 49.4 Å². The van der Waals surface area contributed by atoms with Gasteiger partial charge in [0.2, 0.25) is 5.91 Å². The second-order valence-corrected chi connectivity index (χ2v) is 8.29. The number of carbonyl (C=O) groups excluding carboxylic acids is 2. The Labute approximate surface area is 161 Å². The van der Waals surface area contributed by atoms with Gasteiger partial charge >= 0.3 is 0 Å². The second-order valence-electron chi connectivity index (χ2n) is 7.86. The van der Waals surface area contributed by atoms with Crippen molar-refractivity contribution in [2.75, 3.05) is 19.6 Å². The van der Waals surface area contributed by atoms with Crippen LogP contribution >= 0.6 is 11.6 Å². The molecule has 1 aromatic rings. The summed E-state index contributed by atoms with van der Waals surface area (Å²) in [4.78, 5) is 27.1. The van der Waals surface area contributed by atoms with E-state index in [0.29, 0.717) is 23.5 Å². The van der Waals surface area contributed by atoms with Gasteiger partial charge in [-0.1, -0.05) is 31.4 Å². The Kier molecular flexibility index (Phi) is 6.71. The number of piperidine rings is 1. The van der Waals surface area contributed by atoms with Gasteiger partial charge in [-0.3, -0.25) is 14.5 Å². The maximum absolute atomic E-state index is 12.6. The third-order valence-corrected chi connectivity index (χ3v) is 6.16. The van der Waals surface area contributed by atoms with Gasteiger partial charge in [0.25, 0.3) is 0 Å². The Morgan fingerprint density at radius 1 is 1.08 bits per heavy atom. The first-order chi connectivity index (χ1) is 12.5. The minimum absolute atomic E-state index is 0.0499. The number of Topliss-reactive ketones (excluding diaryl/α,β-unsaturated/α-hetero) is 1. The first kappa shape index (κ1) is 19.4. The summed E-state index contributed by atoms with van der Waals surface area (Å²) in [6, 6.07) is 7.47. The monoisotopic (exact) mass is 376 g/mol. The Morgan fingerprint density at radius 3 is 2.38 bits per heavy atom. The lowest BCUT2D eigenvalue weighted by Crippen LogP contribution is -2.47. The number of ketones is 1. The molecule has 1 saturated carbocycles. The summed E-state index contributed by atoms with van der Waals surface area (Å²) < 4.78 is 0. The van der Waals surface area contributed by atoms with Crippen molar-refractivity contribution in [3.8, 4) is 0 Å². The summed E-state index contributed by atoms with van der Waals surface area (Å²) in [5.74, 6) is 0.956. The van der Waals surface area contributed by atoms with Gasteiger partial charge in [-0.05, 0) is 69.0 Å². The lowest BCUT2D eigenvalue weighted by molar-refractivity contribution is -0.123. The molecule has 1 saturated heterocycles. The second kappa shape index (κ2) is 9.01. The molecule has 3 rings (SSSR count). The quantitative estimate of drug-likeness (QED) is 0.792. The van der Waals surface area contributed by atoms with Gasteiger partial charge in [-0.25, -0.2) is 0 Å². The van der Waals surface area contributed by atoms with Crippen molar-refractivity contribution in [1.82, 2.24) is 10.2 Å². The van der Waals surface area contributed by atoms with Crippen LogP contribution in [0.3, 0.4) is 0 Å². The predicted molar refractivity (Wildman–Crippen MR) is 105 cm³/mol. The average Bonchev–Trinajstić information content (AvgIpc) is 2.64. The molecule has 1 heterocycles. The van der Waals surface area contributed by atoms with Crippen LogP contribution in [0.2, 0.25) is 5.02 Å². The minimum Gasteiger partial charge on any atom is -0.352 e. The highest BCUT2D eigenvalue weighted by molar-refractivity contribution is 6.30. The molecule has 26 heavy (non-hydrogen) atoms. The fourth-order valence-corrected chi connectivity index (χ4v) is 4.32. The first-order valence-electron chi connectivity index (χ1n) is 9.84. The number of rotatable bonds is 5. The molecular formula is C21H29ClN2O2. The maximum atomic E-state index is 12.6. The van der Waals surface area contributed by atoms with Crippen molar-refractivity contribution in [2.45, 2.75) is 51.5 Å². The van der Waals surface area contributed by atoms with E-state index in [2.05, 4.69) is 17.1 Å². The van der Waals surface area contributed by atoms with Gasteiger partial charge in [-0.15, -0.1) is 0 Å². The van der Waals surface area contributed by atoms with E-state index in [4.69, 9.17) is 11.6 Å². The maximum Gasteiger partial charge on any atom is 0.234 e. The molecule has 0 aromatic heterocycles. The zero-order valence-electron chi connectivity index (χ0n) is 15.5. The van der Waals surface area contributed by atoms with Crippen molar-refractivity contribution in [2.24, 2.45) is 11.8 Å². The highest BCUT2D eigenvalue weighted by Crippen LogP contribution is 2.24. The molecule has 1 N–H and O–H groups in total. The zero-order valence-corrected chi connectivity index (χ0v) is 16.3. The standard InChI is InChI=1S/C21H29ClN2O2/c1-15-4-2-3-5-19(15)23-20(25)14-24-12-10-17(11-13-24)21(26)16-6-8-18(22)9-7-16/h6-9,15,17,19H,2-5,10-14H2,1H3,(H,23,25)/t15-,19-/m1/s1. The summed E-state index contributed by atoms with van der Waals surface area (Å²) in [5.41, 5.74) is 0.733. The van der Waals surface area contributed by atoms with E-state index in [0.717, 1.165) is 37.9 Å². The van der Waals surface area contributed by atoms with Gasteiger partial charge in [0.1, 0.15) is 0 Å². The summed E-state index contributed by atoms with van der Waals surface area (Å²) in [6.07, 6.45) is 6.44. The molecule has 0 spiro atoms. The van der Waals surface area contributed by atoms with Crippen molar-refractivity contribution >= 4 is 23.3 Å². The number of likely N-dealkylation sites (tertiary alicyclic amines) is 1. The highest BCUT2D eigenvalue weighted by Gasteiger charge is 2.28. The predicted octanol–water partition coefficient (Wildman–Crippen LogP) is 3.93. The van der Waals surface area contributed by atoms with Crippen molar-refractivity contribution in [3.05, 3.63) is 34.9 Å². The number of nitrogens with zero attached hydrogens (tertiary/aromatic N) is 1. The fourth-order valence-electron chi connectivity index (χ4n) is 4.19. The summed E-state index contributed by atoms with van der Waals surface area (Å²) >= 11 is 5.89. The van der Waals surface area contributed by atoms with E-state index in [1.54, 1.807) is 24.3 Å². The SMILES string of the molecule is C[C@@H]1CCCC[C@H]1NC(=O)CN1CCC(C(=O)c2ccc(Cl)cc2)CC1. The van der Waals surface area contributed by atoms with Crippen LogP contribution in [0, 0.1) is 11.8 Å². The number of nitrogens with one attached hydrogen (secondary N) is 1. The molecule has 2 aliphatic rings. The highest BCUT2D eigenvalue weighted by atomic mass is 35.5. The lowest BCUT2D eigenvalue weighted by atomic mass is 9.86. The van der Waals surface area contributed by atoms with E-state index in [9.17, 15) is 9.59 Å². The molecule has 0 radical (unpaired) electrons. The molecule has 142 valence electrons. The molecule has 0 bridgehead atoms. The van der Waals surface area contributed by atoms with Crippen LogP contribution < -0.4 is 5.32 Å². The first-order valence-corrected chi connectivity index (χ1v) is 10.2. The van der Waals surface area contributed by atoms with E-state index in [-0.39, 0.29) is 17.6 Å². The number of carbonyl (C=O) groups is 2. The van der Waals surface area contributed by atoms with Gasteiger partial charge in [0, 0.05) is 22.5 Å². The Bertz CT molecular complexity index is 623. The molecule has 1 aliphatic heterocycles. The van der Waals surface area contributed by atoms with Gasteiger partial charge in [0.05, 0.1) is 6.54 Å². The number of halogens is 1. The Morgan fingerprint density at radius 2 is 1.73 bits per heavy atom. The molecule has 1 aromatic carbocycles. The van der Waals surface area contributed by atoms with Crippen LogP contribution in [0.5, 0.6) is 0 Å². The van der Waals surface area contributed by atoms with Crippen LogP contribution in [-0.4, -0.2) is 42.3 Å². The number of hydrogen-bond donors (Lipinski definition) is 1. The van der Waals surface area contributed by atoms with Crippen molar-refractivity contribution in [1.29, 1.82) is 0 Å². The van der Waals surface area contributed by atoms with Crippen LogP contribution in [0.1, 0.15) is 55.8 Å². The summed E-state index contributed by atoms with van der Waals surface area (Å²) in [5, 5.41) is 3.87. The van der Waals surface area contributed by atoms with Gasteiger partial charge < -0.3 is 5.32 Å². The Balaban J connectivity index is 1.44. The molecule has 0 unspecified atom stereocenters. The fraction of sp³-hybridized carbons (Fsp3) is 0.619. The number of amides is 1. The van der Waals surface area contributed by atoms with E-state index < -0.39 is 0 Å². The van der Waals surface area contributed by atoms with E-state index in [1.165, 1.54) is 19.3 Å². The summed E-state index contributed by atoms with van der Waals surface area (Å²) in [6.45, 7) is 4.29. The zero-order chi connectivity index (χ0) is 18.5. The molecule has 2 atom stereocenters.